The number of guanidine groups is 1. The summed E-state index contributed by atoms with van der Waals surface area (Å²) in [6.45, 7) is 9.21. The minimum Gasteiger partial charge on any atom is -0.380 e. The van der Waals surface area contributed by atoms with Crippen molar-refractivity contribution in [2.45, 2.75) is 39.8 Å². The maximum atomic E-state index is 11.7. The molecule has 1 aromatic rings. The third-order valence-corrected chi connectivity index (χ3v) is 4.07. The van der Waals surface area contributed by atoms with E-state index in [1.807, 2.05) is 18.7 Å². The van der Waals surface area contributed by atoms with Gasteiger partial charge in [-0.15, -0.1) is 0 Å². The van der Waals surface area contributed by atoms with Crippen LogP contribution in [0.3, 0.4) is 0 Å². The Morgan fingerprint density at radius 3 is 2.60 bits per heavy atom. The van der Waals surface area contributed by atoms with Gasteiger partial charge in [-0.05, 0) is 31.4 Å². The van der Waals surface area contributed by atoms with E-state index in [-0.39, 0.29) is 5.91 Å². The summed E-state index contributed by atoms with van der Waals surface area (Å²) in [5.74, 6) is 1.07. The molecule has 0 saturated carbocycles. The molecule has 0 radical (unpaired) electrons. The van der Waals surface area contributed by atoms with Gasteiger partial charge in [0.25, 0.3) is 0 Å². The van der Waals surface area contributed by atoms with Crippen LogP contribution >= 0.6 is 0 Å². The lowest BCUT2D eigenvalue weighted by molar-refractivity contribution is -0.128. The highest BCUT2D eigenvalue weighted by molar-refractivity contribution is 5.79. The van der Waals surface area contributed by atoms with Crippen molar-refractivity contribution < 1.29 is 9.53 Å². The number of nitrogens with one attached hydrogen (secondary N) is 2. The van der Waals surface area contributed by atoms with Gasteiger partial charge < -0.3 is 20.3 Å². The van der Waals surface area contributed by atoms with Gasteiger partial charge in [0.15, 0.2) is 5.96 Å². The molecular formula is C19H30N4O2. The monoisotopic (exact) mass is 346 g/mol. The Bertz CT molecular complexity index is 557. The van der Waals surface area contributed by atoms with Crippen molar-refractivity contribution in [1.29, 1.82) is 0 Å². The molecule has 138 valence electrons. The van der Waals surface area contributed by atoms with Crippen LogP contribution in [0.4, 0.5) is 0 Å². The van der Waals surface area contributed by atoms with E-state index in [1.165, 1.54) is 5.56 Å². The fourth-order valence-corrected chi connectivity index (χ4v) is 2.74. The average Bonchev–Trinajstić information content (AvgIpc) is 3.02. The smallest absolute Gasteiger partial charge is 0.222 e. The highest BCUT2D eigenvalue weighted by Gasteiger charge is 2.19. The number of hydrogen-bond donors (Lipinski definition) is 2. The lowest BCUT2D eigenvalue weighted by Crippen LogP contribution is -2.39. The molecular weight excluding hydrogens is 316 g/mol. The van der Waals surface area contributed by atoms with Gasteiger partial charge in [0, 0.05) is 39.2 Å². The molecule has 1 saturated heterocycles. The average molecular weight is 346 g/mol. The summed E-state index contributed by atoms with van der Waals surface area (Å²) in [7, 11) is 0. The largest absolute Gasteiger partial charge is 0.380 e. The van der Waals surface area contributed by atoms with E-state index in [2.05, 4.69) is 39.9 Å². The first kappa shape index (κ1) is 19.2. The van der Waals surface area contributed by atoms with Crippen molar-refractivity contribution >= 4 is 11.9 Å². The van der Waals surface area contributed by atoms with Gasteiger partial charge in [-0.25, -0.2) is 4.99 Å². The van der Waals surface area contributed by atoms with Crippen LogP contribution in [0.2, 0.25) is 0 Å². The minimum atomic E-state index is 0.266. The standard InChI is InChI=1S/C19H30N4O2/c1-3-20-19(21-11-13-25-4-2)22-14-16-7-9-17(10-8-16)15-23-12-5-6-18(23)24/h7-10H,3-6,11-15H2,1-2H3,(H2,20,21,22). The predicted molar refractivity (Wildman–Crippen MR) is 100 cm³/mol. The summed E-state index contributed by atoms with van der Waals surface area (Å²) in [5.41, 5.74) is 2.32. The summed E-state index contributed by atoms with van der Waals surface area (Å²) >= 11 is 0. The van der Waals surface area contributed by atoms with Crippen LogP contribution in [-0.2, 0) is 22.6 Å². The van der Waals surface area contributed by atoms with E-state index < -0.39 is 0 Å². The molecule has 0 atom stereocenters. The van der Waals surface area contributed by atoms with Crippen molar-refractivity contribution in [3.8, 4) is 0 Å². The van der Waals surface area contributed by atoms with Crippen LogP contribution < -0.4 is 10.6 Å². The molecule has 1 aliphatic heterocycles. The molecule has 0 spiro atoms. The summed E-state index contributed by atoms with van der Waals surface area (Å²) in [6.07, 6.45) is 1.67. The molecule has 1 aliphatic rings. The molecule has 1 amide bonds. The van der Waals surface area contributed by atoms with Gasteiger partial charge in [-0.1, -0.05) is 24.3 Å². The topological polar surface area (TPSA) is 66.0 Å². The second-order valence-electron chi connectivity index (χ2n) is 6.05. The summed E-state index contributed by atoms with van der Waals surface area (Å²) in [4.78, 5) is 18.2. The number of carbonyl (C=O) groups excluding carboxylic acids is 1. The number of nitrogens with zero attached hydrogens (tertiary/aromatic N) is 2. The lowest BCUT2D eigenvalue weighted by atomic mass is 10.1. The van der Waals surface area contributed by atoms with Crippen molar-refractivity contribution in [3.05, 3.63) is 35.4 Å². The van der Waals surface area contributed by atoms with Crippen LogP contribution in [0.1, 0.15) is 37.8 Å². The van der Waals surface area contributed by atoms with Crippen LogP contribution in [0.15, 0.2) is 29.3 Å². The number of ether oxygens (including phenoxy) is 1. The number of benzene rings is 1. The zero-order valence-electron chi connectivity index (χ0n) is 15.4. The molecule has 0 aliphatic carbocycles. The Labute approximate surface area is 150 Å². The van der Waals surface area contributed by atoms with Gasteiger partial charge in [0.05, 0.1) is 13.2 Å². The minimum absolute atomic E-state index is 0.266. The zero-order valence-corrected chi connectivity index (χ0v) is 15.4. The molecule has 1 aromatic carbocycles. The van der Waals surface area contributed by atoms with Crippen LogP contribution in [0, 0.1) is 0 Å². The van der Waals surface area contributed by atoms with Crippen molar-refractivity contribution in [2.75, 3.05) is 32.8 Å². The van der Waals surface area contributed by atoms with E-state index in [0.29, 0.717) is 26.1 Å². The van der Waals surface area contributed by atoms with Crippen molar-refractivity contribution in [1.82, 2.24) is 15.5 Å². The van der Waals surface area contributed by atoms with E-state index >= 15 is 0 Å². The van der Waals surface area contributed by atoms with E-state index in [0.717, 1.165) is 44.2 Å². The third kappa shape index (κ3) is 6.74. The van der Waals surface area contributed by atoms with Gasteiger partial charge in [-0.3, -0.25) is 4.79 Å². The molecule has 6 nitrogen and oxygen atoms in total. The number of aliphatic imine (C=N–C) groups is 1. The first-order valence-electron chi connectivity index (χ1n) is 9.18. The Kier molecular flexibility index (Phi) is 8.25. The Morgan fingerprint density at radius 2 is 1.96 bits per heavy atom. The van der Waals surface area contributed by atoms with Crippen molar-refractivity contribution in [2.24, 2.45) is 4.99 Å². The lowest BCUT2D eigenvalue weighted by Gasteiger charge is -2.15. The Balaban J connectivity index is 1.84. The molecule has 1 fully saturated rings. The van der Waals surface area contributed by atoms with E-state index in [9.17, 15) is 4.79 Å². The molecule has 2 rings (SSSR count). The molecule has 6 heteroatoms. The number of likely N-dealkylation sites (tertiary alicyclic amines) is 1. The quantitative estimate of drug-likeness (QED) is 0.407. The summed E-state index contributed by atoms with van der Waals surface area (Å²) in [6, 6.07) is 8.35. The fraction of sp³-hybridized carbons (Fsp3) is 0.579. The van der Waals surface area contributed by atoms with Gasteiger partial charge in [0.2, 0.25) is 5.91 Å². The number of amides is 1. The molecule has 25 heavy (non-hydrogen) atoms. The number of carbonyl (C=O) groups is 1. The highest BCUT2D eigenvalue weighted by atomic mass is 16.5. The van der Waals surface area contributed by atoms with E-state index in [4.69, 9.17) is 4.74 Å². The number of rotatable bonds is 9. The second-order valence-corrected chi connectivity index (χ2v) is 6.05. The normalized spacial score (nSPS) is 14.9. The van der Waals surface area contributed by atoms with Crippen LogP contribution in [0.5, 0.6) is 0 Å². The molecule has 2 N–H and O–H groups in total. The van der Waals surface area contributed by atoms with Crippen LogP contribution in [-0.4, -0.2) is 49.6 Å². The predicted octanol–water partition coefficient (Wildman–Crippen LogP) is 1.90. The third-order valence-electron chi connectivity index (χ3n) is 4.07. The van der Waals surface area contributed by atoms with Gasteiger partial charge >= 0.3 is 0 Å². The zero-order chi connectivity index (χ0) is 17.9. The molecule has 0 bridgehead atoms. The molecule has 0 aromatic heterocycles. The summed E-state index contributed by atoms with van der Waals surface area (Å²) in [5, 5.41) is 6.49. The van der Waals surface area contributed by atoms with E-state index in [1.54, 1.807) is 0 Å². The van der Waals surface area contributed by atoms with Gasteiger partial charge in [0.1, 0.15) is 0 Å². The molecule has 0 unspecified atom stereocenters. The first-order valence-corrected chi connectivity index (χ1v) is 9.18. The number of hydrogen-bond acceptors (Lipinski definition) is 3. The Morgan fingerprint density at radius 1 is 1.20 bits per heavy atom. The van der Waals surface area contributed by atoms with Gasteiger partial charge in [-0.2, -0.15) is 0 Å². The second kappa shape index (κ2) is 10.7. The Hall–Kier alpha value is -2.08. The summed E-state index contributed by atoms with van der Waals surface area (Å²) < 4.78 is 5.33. The maximum Gasteiger partial charge on any atom is 0.222 e. The fourth-order valence-electron chi connectivity index (χ4n) is 2.74. The highest BCUT2D eigenvalue weighted by Crippen LogP contribution is 2.15. The van der Waals surface area contributed by atoms with Crippen LogP contribution in [0.25, 0.3) is 0 Å². The van der Waals surface area contributed by atoms with Crippen molar-refractivity contribution in [3.63, 3.8) is 0 Å². The first-order chi connectivity index (χ1) is 12.2. The molecule has 1 heterocycles. The maximum absolute atomic E-state index is 11.7. The SMILES string of the molecule is CCNC(=NCc1ccc(CN2CCCC2=O)cc1)NCCOCC.